The minimum atomic E-state index is -0.550. The van der Waals surface area contributed by atoms with Gasteiger partial charge in [-0.2, -0.15) is 0 Å². The van der Waals surface area contributed by atoms with Crippen molar-refractivity contribution >= 4 is 23.7 Å². The van der Waals surface area contributed by atoms with Crippen LogP contribution < -0.4 is 16.0 Å². The van der Waals surface area contributed by atoms with E-state index in [-0.39, 0.29) is 36.2 Å². The van der Waals surface area contributed by atoms with E-state index in [1.54, 1.807) is 6.07 Å². The fourth-order valence-corrected chi connectivity index (χ4v) is 5.59. The molecule has 1 aromatic rings. The van der Waals surface area contributed by atoms with Gasteiger partial charge in [-0.15, -0.1) is 0 Å². The van der Waals surface area contributed by atoms with Gasteiger partial charge < -0.3 is 35.1 Å². The maximum Gasteiger partial charge on any atom is 0.406 e. The molecule has 0 aliphatic carbocycles. The average molecular weight is 557 g/mol. The van der Waals surface area contributed by atoms with Crippen molar-refractivity contribution in [3.8, 4) is 0 Å². The lowest BCUT2D eigenvalue weighted by Crippen LogP contribution is -2.52. The molecule has 1 aromatic carbocycles. The third-order valence-electron chi connectivity index (χ3n) is 7.14. The molecule has 2 saturated heterocycles. The lowest BCUT2D eigenvalue weighted by molar-refractivity contribution is -0.00882. The molecule has 2 heterocycles. The second kappa shape index (κ2) is 16.1. The summed E-state index contributed by atoms with van der Waals surface area (Å²) in [7, 11) is 3.18. The molecule has 2 aliphatic rings. The first kappa shape index (κ1) is 30.4. The average Bonchev–Trinajstić information content (AvgIpc) is 3.16. The Hall–Kier alpha value is -2.14. The molecule has 0 unspecified atom stereocenters. The van der Waals surface area contributed by atoms with Gasteiger partial charge in [0.25, 0.3) is 0 Å². The zero-order valence-electron chi connectivity index (χ0n) is 22.5. The molecule has 4 atom stereocenters. The number of urea groups is 1. The monoisotopic (exact) mass is 556 g/mol. The fraction of sp³-hybridized carbons (Fsp3) is 0.704. The Kier molecular flexibility index (Phi) is 12.9. The normalized spacial score (nSPS) is 21.7. The summed E-state index contributed by atoms with van der Waals surface area (Å²) in [6, 6.07) is 4.26. The molecule has 38 heavy (non-hydrogen) atoms. The number of carbonyl (C=O) groups excluding carboxylic acids is 2. The van der Waals surface area contributed by atoms with Gasteiger partial charge >= 0.3 is 12.1 Å². The first-order valence-electron chi connectivity index (χ1n) is 13.6. The van der Waals surface area contributed by atoms with Gasteiger partial charge in [0.1, 0.15) is 5.82 Å². The second-order valence-corrected chi connectivity index (χ2v) is 10.6. The van der Waals surface area contributed by atoms with Crippen LogP contribution in [-0.2, 0) is 14.2 Å². The Bertz CT molecular complexity index is 867. The number of hydrogen-bond donors (Lipinski definition) is 3. The molecule has 0 spiro atoms. The first-order chi connectivity index (χ1) is 18.4. The van der Waals surface area contributed by atoms with Crippen LogP contribution in [0.3, 0.4) is 0 Å². The van der Waals surface area contributed by atoms with Gasteiger partial charge in [-0.25, -0.2) is 14.0 Å². The predicted octanol–water partition coefficient (Wildman–Crippen LogP) is 4.11. The van der Waals surface area contributed by atoms with E-state index in [4.69, 9.17) is 21.1 Å². The number of carbonyl (C=O) groups is 2. The SMILES string of the molecule is CNC[C@H](C[C@H]1CCCCOC1)NC(=O)N1CCC[C@@H]([C@@H](OCCNC(=O)OC)c2cc(F)cc(Cl)c2)C1. The lowest BCUT2D eigenvalue weighted by atomic mass is 9.88. The molecule has 214 valence electrons. The van der Waals surface area contributed by atoms with Crippen molar-refractivity contribution in [2.24, 2.45) is 11.8 Å². The van der Waals surface area contributed by atoms with Gasteiger partial charge in [-0.1, -0.05) is 18.0 Å². The summed E-state index contributed by atoms with van der Waals surface area (Å²) in [5.74, 6) is -0.0838. The van der Waals surface area contributed by atoms with Crippen LogP contribution in [0.15, 0.2) is 18.2 Å². The Morgan fingerprint density at radius 3 is 2.84 bits per heavy atom. The molecule has 0 radical (unpaired) electrons. The van der Waals surface area contributed by atoms with Gasteiger partial charge in [0.15, 0.2) is 0 Å². The second-order valence-electron chi connectivity index (χ2n) is 10.1. The molecular formula is C27H42ClFN4O5. The number of likely N-dealkylation sites (N-methyl/N-ethyl adjacent to an activating group) is 1. The molecule has 0 bridgehead atoms. The van der Waals surface area contributed by atoms with Crippen molar-refractivity contribution in [3.05, 3.63) is 34.6 Å². The van der Waals surface area contributed by atoms with Crippen molar-refractivity contribution < 1.29 is 28.2 Å². The summed E-state index contributed by atoms with van der Waals surface area (Å²) in [4.78, 5) is 26.6. The van der Waals surface area contributed by atoms with Gasteiger partial charge in [0.2, 0.25) is 0 Å². The van der Waals surface area contributed by atoms with Crippen LogP contribution in [0, 0.1) is 17.7 Å². The molecule has 2 fully saturated rings. The number of rotatable bonds is 11. The van der Waals surface area contributed by atoms with Crippen molar-refractivity contribution in [3.63, 3.8) is 0 Å². The summed E-state index contributed by atoms with van der Waals surface area (Å²) in [5, 5.41) is 9.30. The van der Waals surface area contributed by atoms with Gasteiger partial charge in [0.05, 0.1) is 19.8 Å². The summed E-state index contributed by atoms with van der Waals surface area (Å²) in [6.07, 6.45) is 4.79. The molecule has 3 N–H and O–H groups in total. The van der Waals surface area contributed by atoms with Crippen LogP contribution in [0.1, 0.15) is 50.2 Å². The molecular weight excluding hydrogens is 515 g/mol. The predicted molar refractivity (Wildman–Crippen MR) is 144 cm³/mol. The Morgan fingerprint density at radius 2 is 2.08 bits per heavy atom. The molecule has 2 aliphatic heterocycles. The standard InChI is InChI=1S/C27H42ClFN4O5/c1-30-16-24(12-19-6-3-4-10-37-18-19)32-26(34)33-9-5-7-20(17-33)25(38-11-8-31-27(35)36-2)21-13-22(28)15-23(29)14-21/h13-15,19-20,24-25,30H,3-12,16-18H2,1-2H3,(H,31,35)(H,32,34)/t19-,20-,24+,25-/m1/s1. The lowest BCUT2D eigenvalue weighted by Gasteiger charge is -2.38. The fourth-order valence-electron chi connectivity index (χ4n) is 5.36. The topological polar surface area (TPSA) is 101 Å². The maximum atomic E-state index is 14.2. The Labute approximate surface area is 230 Å². The minimum absolute atomic E-state index is 0.00181. The summed E-state index contributed by atoms with van der Waals surface area (Å²) >= 11 is 6.15. The highest BCUT2D eigenvalue weighted by Gasteiger charge is 2.32. The van der Waals surface area contributed by atoms with E-state index >= 15 is 0 Å². The van der Waals surface area contributed by atoms with E-state index in [0.717, 1.165) is 51.7 Å². The number of halogens is 2. The quantitative estimate of drug-likeness (QED) is 0.355. The van der Waals surface area contributed by atoms with Crippen LogP contribution in [0.5, 0.6) is 0 Å². The Morgan fingerprint density at radius 1 is 1.24 bits per heavy atom. The maximum absolute atomic E-state index is 14.2. The van der Waals surface area contributed by atoms with Gasteiger partial charge in [-0.3, -0.25) is 0 Å². The molecule has 0 saturated carbocycles. The molecule has 9 nitrogen and oxygen atoms in total. The van der Waals surface area contributed by atoms with Crippen molar-refractivity contribution in [1.29, 1.82) is 0 Å². The van der Waals surface area contributed by atoms with Crippen molar-refractivity contribution in [2.45, 2.75) is 50.7 Å². The largest absolute Gasteiger partial charge is 0.453 e. The van der Waals surface area contributed by atoms with E-state index in [0.29, 0.717) is 31.1 Å². The zero-order chi connectivity index (χ0) is 27.3. The highest BCUT2D eigenvalue weighted by Crippen LogP contribution is 2.34. The number of amides is 3. The molecule has 0 aromatic heterocycles. The Balaban J connectivity index is 1.65. The summed E-state index contributed by atoms with van der Waals surface area (Å²) < 4.78 is 30.7. The van der Waals surface area contributed by atoms with Gasteiger partial charge in [-0.05, 0) is 68.8 Å². The number of hydrogen-bond acceptors (Lipinski definition) is 6. The molecule has 3 amide bonds. The zero-order valence-corrected chi connectivity index (χ0v) is 23.2. The number of ether oxygens (including phenoxy) is 3. The van der Waals surface area contributed by atoms with Gasteiger partial charge in [0, 0.05) is 56.4 Å². The number of nitrogens with zero attached hydrogens (tertiary/aromatic N) is 1. The van der Waals surface area contributed by atoms with E-state index in [1.807, 2.05) is 11.9 Å². The number of likely N-dealkylation sites (tertiary alicyclic amines) is 1. The van der Waals surface area contributed by atoms with E-state index < -0.39 is 18.0 Å². The molecule has 11 heteroatoms. The van der Waals surface area contributed by atoms with Crippen LogP contribution in [0.2, 0.25) is 5.02 Å². The molecule has 3 rings (SSSR count). The van der Waals surface area contributed by atoms with E-state index in [1.165, 1.54) is 19.2 Å². The van der Waals surface area contributed by atoms with E-state index in [2.05, 4.69) is 20.7 Å². The number of piperidine rings is 1. The third-order valence-corrected chi connectivity index (χ3v) is 7.36. The highest BCUT2D eigenvalue weighted by molar-refractivity contribution is 6.30. The smallest absolute Gasteiger partial charge is 0.406 e. The minimum Gasteiger partial charge on any atom is -0.453 e. The summed E-state index contributed by atoms with van der Waals surface area (Å²) in [6.45, 7) is 3.77. The number of benzene rings is 1. The summed E-state index contributed by atoms with van der Waals surface area (Å²) in [5.41, 5.74) is 0.613. The first-order valence-corrected chi connectivity index (χ1v) is 13.9. The van der Waals surface area contributed by atoms with E-state index in [9.17, 15) is 14.0 Å². The number of methoxy groups -OCH3 is 1. The van der Waals surface area contributed by atoms with Crippen LogP contribution >= 0.6 is 11.6 Å². The highest BCUT2D eigenvalue weighted by atomic mass is 35.5. The number of nitrogens with one attached hydrogen (secondary N) is 3. The van der Waals surface area contributed by atoms with Crippen LogP contribution in [0.4, 0.5) is 14.0 Å². The van der Waals surface area contributed by atoms with Crippen molar-refractivity contribution in [2.75, 3.05) is 60.2 Å². The van der Waals surface area contributed by atoms with Crippen LogP contribution in [0.25, 0.3) is 0 Å². The van der Waals surface area contributed by atoms with Crippen LogP contribution in [-0.4, -0.2) is 83.2 Å². The number of alkyl carbamates (subject to hydrolysis) is 1. The third kappa shape index (κ3) is 9.87. The van der Waals surface area contributed by atoms with Crippen molar-refractivity contribution in [1.82, 2.24) is 20.9 Å².